The van der Waals surface area contributed by atoms with E-state index in [2.05, 4.69) is 5.32 Å². The maximum absolute atomic E-state index is 11.6. The molecule has 0 aliphatic carbocycles. The first-order valence-corrected chi connectivity index (χ1v) is 6.00. The molecule has 0 spiro atoms. The zero-order valence-corrected chi connectivity index (χ0v) is 10.8. The van der Waals surface area contributed by atoms with Crippen LogP contribution in [0.15, 0.2) is 24.3 Å². The van der Waals surface area contributed by atoms with Crippen molar-refractivity contribution < 1.29 is 25.2 Å². The fraction of sp³-hybridized carbons (Fsp3) is 0.417. The summed E-state index contributed by atoms with van der Waals surface area (Å²) in [6.07, 6.45) is -5.04. The third-order valence-corrected chi connectivity index (χ3v) is 2.80. The average Bonchev–Trinajstić information content (AvgIpc) is 2.43. The highest BCUT2D eigenvalue weighted by atomic mass is 35.5. The van der Waals surface area contributed by atoms with Crippen molar-refractivity contribution >= 4 is 23.1 Å². The van der Waals surface area contributed by atoms with Gasteiger partial charge >= 0.3 is 0 Å². The second-order valence-corrected chi connectivity index (χ2v) is 4.45. The molecular formula is C12H16ClNO5. The molecule has 19 heavy (non-hydrogen) atoms. The van der Waals surface area contributed by atoms with Gasteiger partial charge < -0.3 is 25.7 Å². The number of rotatable bonds is 7. The molecule has 0 saturated heterocycles. The minimum absolute atomic E-state index is 0.224. The number of halogens is 1. The minimum atomic E-state index is -1.76. The molecule has 0 fully saturated rings. The molecular weight excluding hydrogens is 274 g/mol. The standard InChI is InChI=1S/C12H16ClNO5/c13-7-1-3-8(4-2-7)14-5-9(16)11(18)12(19)10(17)6-15/h1-4,10-12,14-15,17-19H,5-6H2/t10-,11-,12-/m1/s1. The quantitative estimate of drug-likeness (QED) is 0.458. The summed E-state index contributed by atoms with van der Waals surface area (Å²) in [4.78, 5) is 11.6. The lowest BCUT2D eigenvalue weighted by Gasteiger charge is -2.20. The van der Waals surface area contributed by atoms with E-state index in [9.17, 15) is 15.0 Å². The Balaban J connectivity index is 2.48. The molecule has 3 atom stereocenters. The van der Waals surface area contributed by atoms with Crippen molar-refractivity contribution in [3.8, 4) is 0 Å². The molecule has 5 N–H and O–H groups in total. The molecule has 0 heterocycles. The summed E-state index contributed by atoms with van der Waals surface area (Å²) in [6, 6.07) is 6.58. The van der Waals surface area contributed by atoms with Crippen LogP contribution in [0.3, 0.4) is 0 Å². The number of nitrogens with one attached hydrogen (secondary N) is 1. The Labute approximate surface area is 115 Å². The van der Waals surface area contributed by atoms with Crippen LogP contribution >= 0.6 is 11.6 Å². The van der Waals surface area contributed by atoms with Crippen LogP contribution in [0.4, 0.5) is 5.69 Å². The van der Waals surface area contributed by atoms with Crippen molar-refractivity contribution in [2.24, 2.45) is 0 Å². The van der Waals surface area contributed by atoms with E-state index in [4.69, 9.17) is 21.8 Å². The molecule has 0 unspecified atom stereocenters. The van der Waals surface area contributed by atoms with Gasteiger partial charge in [-0.25, -0.2) is 0 Å². The maximum Gasteiger partial charge on any atom is 0.182 e. The molecule has 0 radical (unpaired) electrons. The Morgan fingerprint density at radius 2 is 1.79 bits per heavy atom. The number of ketones is 1. The van der Waals surface area contributed by atoms with E-state index >= 15 is 0 Å². The van der Waals surface area contributed by atoms with Crippen LogP contribution in [-0.2, 0) is 4.79 Å². The van der Waals surface area contributed by atoms with E-state index in [1.165, 1.54) is 0 Å². The third kappa shape index (κ3) is 4.77. The predicted molar refractivity (Wildman–Crippen MR) is 70.1 cm³/mol. The summed E-state index contributed by atoms with van der Waals surface area (Å²) in [5.41, 5.74) is 0.627. The molecule has 0 saturated carbocycles. The molecule has 1 aromatic rings. The van der Waals surface area contributed by atoms with Gasteiger partial charge in [-0.2, -0.15) is 0 Å². The number of carbonyl (C=O) groups is 1. The Morgan fingerprint density at radius 3 is 2.32 bits per heavy atom. The van der Waals surface area contributed by atoms with Crippen LogP contribution in [-0.4, -0.2) is 57.7 Å². The van der Waals surface area contributed by atoms with Gasteiger partial charge in [0.1, 0.15) is 18.3 Å². The van der Waals surface area contributed by atoms with E-state index in [0.717, 1.165) is 0 Å². The van der Waals surface area contributed by atoms with Gasteiger partial charge in [0.05, 0.1) is 13.2 Å². The lowest BCUT2D eigenvalue weighted by atomic mass is 10.0. The molecule has 1 aromatic carbocycles. The Bertz CT molecular complexity index is 411. The van der Waals surface area contributed by atoms with E-state index in [0.29, 0.717) is 10.7 Å². The Morgan fingerprint density at radius 1 is 1.21 bits per heavy atom. The molecule has 1 rings (SSSR count). The number of aliphatic hydroxyl groups is 4. The second-order valence-electron chi connectivity index (χ2n) is 4.01. The van der Waals surface area contributed by atoms with Crippen molar-refractivity contribution in [2.45, 2.75) is 18.3 Å². The summed E-state index contributed by atoms with van der Waals surface area (Å²) in [5.74, 6) is -0.699. The number of hydrogen-bond donors (Lipinski definition) is 5. The zero-order chi connectivity index (χ0) is 14.4. The first-order valence-electron chi connectivity index (χ1n) is 5.63. The van der Waals surface area contributed by atoms with Gasteiger partial charge in [-0.1, -0.05) is 11.6 Å². The minimum Gasteiger partial charge on any atom is -0.394 e. The van der Waals surface area contributed by atoms with Gasteiger partial charge in [-0.15, -0.1) is 0 Å². The second kappa shape index (κ2) is 7.42. The van der Waals surface area contributed by atoms with Crippen LogP contribution in [0.2, 0.25) is 5.02 Å². The van der Waals surface area contributed by atoms with Gasteiger partial charge in [-0.05, 0) is 24.3 Å². The summed E-state index contributed by atoms with van der Waals surface area (Å²) in [7, 11) is 0. The molecule has 0 amide bonds. The maximum atomic E-state index is 11.6. The van der Waals surface area contributed by atoms with E-state index in [1.807, 2.05) is 0 Å². The van der Waals surface area contributed by atoms with Crippen LogP contribution in [0.1, 0.15) is 0 Å². The lowest BCUT2D eigenvalue weighted by Crippen LogP contribution is -2.45. The first-order chi connectivity index (χ1) is 8.95. The Hall–Kier alpha value is -1.18. The van der Waals surface area contributed by atoms with Gasteiger partial charge in [0.2, 0.25) is 0 Å². The van der Waals surface area contributed by atoms with Crippen molar-refractivity contribution in [1.29, 1.82) is 0 Å². The van der Waals surface area contributed by atoms with Crippen molar-refractivity contribution in [3.63, 3.8) is 0 Å². The average molecular weight is 290 g/mol. The SMILES string of the molecule is O=C(CNc1ccc(Cl)cc1)[C@@H](O)[C@H](O)[C@H](O)CO. The molecule has 106 valence electrons. The number of carbonyl (C=O) groups excluding carboxylic acids is 1. The third-order valence-electron chi connectivity index (χ3n) is 2.55. The van der Waals surface area contributed by atoms with Crippen molar-refractivity contribution in [1.82, 2.24) is 0 Å². The van der Waals surface area contributed by atoms with Crippen molar-refractivity contribution in [2.75, 3.05) is 18.5 Å². The molecule has 0 aliphatic heterocycles. The molecule has 7 heteroatoms. The van der Waals surface area contributed by atoms with Gasteiger partial charge in [0, 0.05) is 10.7 Å². The Kier molecular flexibility index (Phi) is 6.20. The number of aliphatic hydroxyl groups excluding tert-OH is 4. The van der Waals surface area contributed by atoms with Crippen LogP contribution in [0, 0.1) is 0 Å². The molecule has 0 aliphatic rings. The van der Waals surface area contributed by atoms with Gasteiger partial charge in [0.25, 0.3) is 0 Å². The number of Topliss-reactive ketones (excluding diaryl/α,β-unsaturated/α-hetero) is 1. The number of anilines is 1. The molecule has 0 bridgehead atoms. The van der Waals surface area contributed by atoms with Crippen LogP contribution < -0.4 is 5.32 Å². The highest BCUT2D eigenvalue weighted by molar-refractivity contribution is 6.30. The summed E-state index contributed by atoms with van der Waals surface area (Å²) >= 11 is 5.70. The largest absolute Gasteiger partial charge is 0.394 e. The number of hydrogen-bond acceptors (Lipinski definition) is 6. The van der Waals surface area contributed by atoms with E-state index in [1.54, 1.807) is 24.3 Å². The molecule has 6 nitrogen and oxygen atoms in total. The van der Waals surface area contributed by atoms with Crippen LogP contribution in [0.25, 0.3) is 0 Å². The highest BCUT2D eigenvalue weighted by Crippen LogP contribution is 2.13. The lowest BCUT2D eigenvalue weighted by molar-refractivity contribution is -0.138. The fourth-order valence-electron chi connectivity index (χ4n) is 1.37. The summed E-state index contributed by atoms with van der Waals surface area (Å²) < 4.78 is 0. The van der Waals surface area contributed by atoms with Crippen molar-refractivity contribution in [3.05, 3.63) is 29.3 Å². The molecule has 0 aromatic heterocycles. The first kappa shape index (κ1) is 15.9. The summed E-state index contributed by atoms with van der Waals surface area (Å²) in [5, 5.41) is 39.9. The zero-order valence-electron chi connectivity index (χ0n) is 10.0. The normalized spacial score (nSPS) is 15.6. The predicted octanol–water partition coefficient (Wildman–Crippen LogP) is -0.604. The smallest absolute Gasteiger partial charge is 0.182 e. The fourth-order valence-corrected chi connectivity index (χ4v) is 1.50. The van der Waals surface area contributed by atoms with Gasteiger partial charge in [0.15, 0.2) is 5.78 Å². The van der Waals surface area contributed by atoms with E-state index in [-0.39, 0.29) is 6.54 Å². The topological polar surface area (TPSA) is 110 Å². The van der Waals surface area contributed by atoms with E-state index < -0.39 is 30.7 Å². The summed E-state index contributed by atoms with van der Waals surface area (Å²) in [6.45, 7) is -0.964. The highest BCUT2D eigenvalue weighted by Gasteiger charge is 2.29. The number of benzene rings is 1. The van der Waals surface area contributed by atoms with Crippen LogP contribution in [0.5, 0.6) is 0 Å². The van der Waals surface area contributed by atoms with Gasteiger partial charge in [-0.3, -0.25) is 4.79 Å². The monoisotopic (exact) mass is 289 g/mol.